The summed E-state index contributed by atoms with van der Waals surface area (Å²) < 4.78 is 5.25. The van der Waals surface area contributed by atoms with E-state index in [9.17, 15) is 10.1 Å². The topological polar surface area (TPSA) is 50.1 Å². The predicted octanol–water partition coefficient (Wildman–Crippen LogP) is 6.77. The molecule has 5 heteroatoms. The van der Waals surface area contributed by atoms with Crippen LogP contribution in [-0.4, -0.2) is 12.6 Å². The zero-order valence-electron chi connectivity index (χ0n) is 16.9. The number of allylic oxidation sites excluding steroid dienone is 1. The van der Waals surface area contributed by atoms with Crippen LogP contribution in [0.5, 0.6) is 0 Å². The Morgan fingerprint density at radius 3 is 2.55 bits per heavy atom. The Labute approximate surface area is 182 Å². The Hall–Kier alpha value is -2.22. The summed E-state index contributed by atoms with van der Waals surface area (Å²) >= 11 is 8.19. The second-order valence-electron chi connectivity index (χ2n) is 7.00. The number of esters is 1. The first-order chi connectivity index (χ1) is 13.9. The largest absolute Gasteiger partial charge is 0.466 e. The third-order valence-electron chi connectivity index (χ3n) is 4.82. The fraction of sp³-hybridized carbons (Fsp3) is 0.333. The van der Waals surface area contributed by atoms with E-state index in [4.69, 9.17) is 16.3 Å². The summed E-state index contributed by atoms with van der Waals surface area (Å²) in [6.07, 6.45) is 3.24. The molecular formula is C24H26ClNO2S. The highest BCUT2D eigenvalue weighted by Crippen LogP contribution is 2.37. The molecule has 0 radical (unpaired) electrons. The second-order valence-corrected chi connectivity index (χ2v) is 8.55. The van der Waals surface area contributed by atoms with Crippen molar-refractivity contribution >= 4 is 29.3 Å². The maximum absolute atomic E-state index is 12.6. The molecule has 0 amide bonds. The molecule has 1 unspecified atom stereocenters. The van der Waals surface area contributed by atoms with E-state index in [0.717, 1.165) is 15.4 Å². The van der Waals surface area contributed by atoms with Crippen LogP contribution in [0.15, 0.2) is 64.9 Å². The van der Waals surface area contributed by atoms with E-state index in [1.807, 2.05) is 18.2 Å². The van der Waals surface area contributed by atoms with Crippen molar-refractivity contribution in [3.8, 4) is 6.07 Å². The molecule has 152 valence electrons. The molecule has 0 aromatic heterocycles. The van der Waals surface area contributed by atoms with Crippen LogP contribution in [0.2, 0.25) is 5.02 Å². The Morgan fingerprint density at radius 2 is 1.97 bits per heavy atom. The Kier molecular flexibility index (Phi) is 8.82. The molecule has 2 aromatic carbocycles. The predicted molar refractivity (Wildman–Crippen MR) is 119 cm³/mol. The van der Waals surface area contributed by atoms with Crippen molar-refractivity contribution in [2.75, 3.05) is 6.61 Å². The van der Waals surface area contributed by atoms with Crippen molar-refractivity contribution in [2.24, 2.45) is 5.41 Å². The summed E-state index contributed by atoms with van der Waals surface area (Å²) in [5.41, 5.74) is 1.30. The van der Waals surface area contributed by atoms with Gasteiger partial charge in [0.05, 0.1) is 24.5 Å². The third kappa shape index (κ3) is 6.39. The van der Waals surface area contributed by atoms with Crippen LogP contribution >= 0.6 is 23.4 Å². The second kappa shape index (κ2) is 11.1. The van der Waals surface area contributed by atoms with E-state index < -0.39 is 5.41 Å². The molecule has 0 fully saturated rings. The average molecular weight is 428 g/mol. The molecule has 1 atom stereocenters. The van der Waals surface area contributed by atoms with Gasteiger partial charge in [0.2, 0.25) is 0 Å². The normalized spacial score (nSPS) is 12.6. The first-order valence-electron chi connectivity index (χ1n) is 9.62. The van der Waals surface area contributed by atoms with Crippen LogP contribution in [0.3, 0.4) is 0 Å². The smallest absolute Gasteiger partial charge is 0.313 e. The van der Waals surface area contributed by atoms with Crippen LogP contribution in [-0.2, 0) is 16.0 Å². The van der Waals surface area contributed by atoms with Gasteiger partial charge in [0.25, 0.3) is 0 Å². The molecule has 29 heavy (non-hydrogen) atoms. The molecule has 0 saturated carbocycles. The molecule has 0 aliphatic carbocycles. The third-order valence-corrected chi connectivity index (χ3v) is 6.16. The fourth-order valence-corrected chi connectivity index (χ4v) is 4.34. The van der Waals surface area contributed by atoms with Gasteiger partial charge in [-0.3, -0.25) is 4.79 Å². The van der Waals surface area contributed by atoms with Crippen LogP contribution in [0.4, 0.5) is 0 Å². The van der Waals surface area contributed by atoms with E-state index >= 15 is 0 Å². The first-order valence-corrected chi connectivity index (χ1v) is 10.8. The van der Waals surface area contributed by atoms with Crippen molar-refractivity contribution in [3.63, 3.8) is 0 Å². The van der Waals surface area contributed by atoms with E-state index in [-0.39, 0.29) is 19.0 Å². The van der Waals surface area contributed by atoms with E-state index in [0.29, 0.717) is 24.3 Å². The number of hydrogen-bond acceptors (Lipinski definition) is 4. The van der Waals surface area contributed by atoms with E-state index in [1.165, 1.54) is 5.56 Å². The van der Waals surface area contributed by atoms with Crippen molar-refractivity contribution in [1.29, 1.82) is 5.26 Å². The number of nitrogens with zero attached hydrogens (tertiary/aromatic N) is 1. The van der Waals surface area contributed by atoms with Gasteiger partial charge in [-0.05, 0) is 62.9 Å². The van der Waals surface area contributed by atoms with Crippen molar-refractivity contribution in [3.05, 3.63) is 71.3 Å². The van der Waals surface area contributed by atoms with Gasteiger partial charge in [-0.25, -0.2) is 0 Å². The van der Waals surface area contributed by atoms with Crippen molar-refractivity contribution < 1.29 is 9.53 Å². The summed E-state index contributed by atoms with van der Waals surface area (Å²) in [6.45, 7) is 7.87. The molecule has 3 nitrogen and oxygen atoms in total. The minimum absolute atomic E-state index is 0.0941. The molecule has 0 N–H and O–H groups in total. The SMILES string of the molecule is C=CCC(CC#N)(CCc1ccc(Sc2ccc(C)cc2)cc1Cl)C(=O)OCC. The summed E-state index contributed by atoms with van der Waals surface area (Å²) in [5.74, 6) is -0.343. The van der Waals surface area contributed by atoms with Gasteiger partial charge in [0.1, 0.15) is 0 Å². The number of nitriles is 1. The Balaban J connectivity index is 2.15. The highest BCUT2D eigenvalue weighted by atomic mass is 35.5. The average Bonchev–Trinajstić information content (AvgIpc) is 2.69. The van der Waals surface area contributed by atoms with Crippen LogP contribution in [0, 0.1) is 23.7 Å². The zero-order valence-corrected chi connectivity index (χ0v) is 18.5. The van der Waals surface area contributed by atoms with Gasteiger partial charge in [0.15, 0.2) is 0 Å². The standard InChI is InChI=1S/C24H26ClNO2S/c1-4-13-24(15-16-26,23(27)28-5-2)14-12-19-8-11-21(17-22(19)25)29-20-9-6-18(3)7-10-20/h4,6-11,17H,1,5,12-15H2,2-3H3. The highest BCUT2D eigenvalue weighted by Gasteiger charge is 2.38. The number of carbonyl (C=O) groups excluding carboxylic acids is 1. The molecule has 0 aliphatic heterocycles. The minimum Gasteiger partial charge on any atom is -0.466 e. The van der Waals surface area contributed by atoms with Crippen LogP contribution in [0.25, 0.3) is 0 Å². The molecule has 2 aromatic rings. The van der Waals surface area contributed by atoms with Crippen LogP contribution < -0.4 is 0 Å². The van der Waals surface area contributed by atoms with Gasteiger partial charge in [-0.15, -0.1) is 6.58 Å². The molecule has 0 spiro atoms. The minimum atomic E-state index is -0.884. The van der Waals surface area contributed by atoms with Crippen LogP contribution in [0.1, 0.15) is 37.3 Å². The maximum atomic E-state index is 12.6. The highest BCUT2D eigenvalue weighted by molar-refractivity contribution is 7.99. The summed E-state index contributed by atoms with van der Waals surface area (Å²) in [5, 5.41) is 9.93. The first kappa shape index (κ1) is 23.1. The van der Waals surface area contributed by atoms with Gasteiger partial charge >= 0.3 is 5.97 Å². The Morgan fingerprint density at radius 1 is 1.28 bits per heavy atom. The van der Waals surface area contributed by atoms with Crippen molar-refractivity contribution in [1.82, 2.24) is 0 Å². The lowest BCUT2D eigenvalue weighted by molar-refractivity contribution is -0.155. The van der Waals surface area contributed by atoms with E-state index in [1.54, 1.807) is 24.8 Å². The number of carbonyl (C=O) groups is 1. The lowest BCUT2D eigenvalue weighted by Gasteiger charge is -2.28. The summed E-state index contributed by atoms with van der Waals surface area (Å²) in [7, 11) is 0. The summed E-state index contributed by atoms with van der Waals surface area (Å²) in [4.78, 5) is 14.8. The lowest BCUT2D eigenvalue weighted by atomic mass is 9.76. The number of ether oxygens (including phenoxy) is 1. The molecule has 0 saturated heterocycles. The van der Waals surface area contributed by atoms with E-state index in [2.05, 4.69) is 43.8 Å². The number of hydrogen-bond donors (Lipinski definition) is 0. The number of halogens is 1. The maximum Gasteiger partial charge on any atom is 0.313 e. The van der Waals surface area contributed by atoms with Gasteiger partial charge < -0.3 is 4.74 Å². The van der Waals surface area contributed by atoms with Gasteiger partial charge in [-0.2, -0.15) is 5.26 Å². The van der Waals surface area contributed by atoms with Crippen molar-refractivity contribution in [2.45, 2.75) is 49.3 Å². The molecule has 0 heterocycles. The number of rotatable bonds is 10. The molecule has 0 bridgehead atoms. The Bertz CT molecular complexity index is 889. The lowest BCUT2D eigenvalue weighted by Crippen LogP contribution is -2.33. The number of benzene rings is 2. The molecule has 0 aliphatic rings. The zero-order chi connectivity index (χ0) is 21.3. The quantitative estimate of drug-likeness (QED) is 0.310. The molecular weight excluding hydrogens is 402 g/mol. The van der Waals surface area contributed by atoms with Gasteiger partial charge in [-0.1, -0.05) is 53.2 Å². The number of aryl methyl sites for hydroxylation is 2. The summed E-state index contributed by atoms with van der Waals surface area (Å²) in [6, 6.07) is 16.5. The fourth-order valence-electron chi connectivity index (χ4n) is 3.14. The molecule has 2 rings (SSSR count). The monoisotopic (exact) mass is 427 g/mol. The van der Waals surface area contributed by atoms with Gasteiger partial charge in [0, 0.05) is 14.8 Å².